The third kappa shape index (κ3) is 3.87. The lowest BCUT2D eigenvalue weighted by molar-refractivity contribution is 0.0940. The number of carbonyl (C=O) groups is 1. The Morgan fingerprint density at radius 1 is 1.04 bits per heavy atom. The van der Waals surface area contributed by atoms with Crippen molar-refractivity contribution in [3.8, 4) is 17.2 Å². The molecule has 0 saturated carbocycles. The Labute approximate surface area is 147 Å². The SMILES string of the molecule is COc1cccc(OC)c1C(=O)NCCOc1ccc2c(c1)CCC2. The number of carbonyl (C=O) groups excluding carboxylic acids is 1. The highest BCUT2D eigenvalue weighted by Gasteiger charge is 2.17. The molecule has 2 aromatic carbocycles. The lowest BCUT2D eigenvalue weighted by atomic mass is 10.1. The number of fused-ring (bicyclic) bond motifs is 1. The normalized spacial score (nSPS) is 12.4. The van der Waals surface area contributed by atoms with Crippen LogP contribution in [-0.2, 0) is 12.8 Å². The third-order valence-electron chi connectivity index (χ3n) is 4.38. The maximum absolute atomic E-state index is 12.4. The van der Waals surface area contributed by atoms with E-state index in [-0.39, 0.29) is 5.91 Å². The van der Waals surface area contributed by atoms with Crippen LogP contribution in [0.1, 0.15) is 27.9 Å². The molecule has 0 radical (unpaired) electrons. The van der Waals surface area contributed by atoms with E-state index in [0.29, 0.717) is 30.2 Å². The van der Waals surface area contributed by atoms with Gasteiger partial charge in [0.2, 0.25) is 0 Å². The van der Waals surface area contributed by atoms with Crippen LogP contribution in [-0.4, -0.2) is 33.3 Å². The van der Waals surface area contributed by atoms with E-state index in [1.54, 1.807) is 18.2 Å². The number of methoxy groups -OCH3 is 2. The molecule has 132 valence electrons. The minimum absolute atomic E-state index is 0.244. The van der Waals surface area contributed by atoms with Gasteiger partial charge in [-0.3, -0.25) is 4.79 Å². The van der Waals surface area contributed by atoms with Crippen molar-refractivity contribution in [2.45, 2.75) is 19.3 Å². The van der Waals surface area contributed by atoms with Crippen molar-refractivity contribution in [2.75, 3.05) is 27.4 Å². The van der Waals surface area contributed by atoms with Gasteiger partial charge in [0.25, 0.3) is 5.91 Å². The first kappa shape index (κ1) is 17.1. The summed E-state index contributed by atoms with van der Waals surface area (Å²) in [4.78, 5) is 12.4. The van der Waals surface area contributed by atoms with E-state index in [4.69, 9.17) is 14.2 Å². The Bertz CT molecular complexity index is 735. The zero-order valence-corrected chi connectivity index (χ0v) is 14.6. The molecule has 1 aliphatic carbocycles. The number of rotatable bonds is 7. The molecule has 0 saturated heterocycles. The highest BCUT2D eigenvalue weighted by molar-refractivity contribution is 5.99. The van der Waals surface area contributed by atoms with E-state index in [0.717, 1.165) is 18.6 Å². The summed E-state index contributed by atoms with van der Waals surface area (Å²) in [5, 5.41) is 2.85. The number of amides is 1. The van der Waals surface area contributed by atoms with Gasteiger partial charge in [-0.05, 0) is 54.7 Å². The van der Waals surface area contributed by atoms with Crippen LogP contribution in [0.4, 0.5) is 0 Å². The van der Waals surface area contributed by atoms with Gasteiger partial charge in [-0.1, -0.05) is 12.1 Å². The molecule has 0 atom stereocenters. The number of ether oxygens (including phenoxy) is 3. The minimum atomic E-state index is -0.244. The Morgan fingerprint density at radius 2 is 1.76 bits per heavy atom. The zero-order chi connectivity index (χ0) is 17.6. The summed E-state index contributed by atoms with van der Waals surface area (Å²) in [6, 6.07) is 11.5. The van der Waals surface area contributed by atoms with Gasteiger partial charge in [0.1, 0.15) is 29.4 Å². The van der Waals surface area contributed by atoms with E-state index in [1.165, 1.54) is 31.8 Å². The minimum Gasteiger partial charge on any atom is -0.496 e. The molecule has 1 amide bonds. The highest BCUT2D eigenvalue weighted by atomic mass is 16.5. The summed E-state index contributed by atoms with van der Waals surface area (Å²) in [6.07, 6.45) is 3.50. The summed E-state index contributed by atoms with van der Waals surface area (Å²) >= 11 is 0. The average Bonchev–Trinajstić information content (AvgIpc) is 3.12. The quantitative estimate of drug-likeness (QED) is 0.787. The van der Waals surface area contributed by atoms with Gasteiger partial charge in [0.15, 0.2) is 0 Å². The zero-order valence-electron chi connectivity index (χ0n) is 14.6. The van der Waals surface area contributed by atoms with Crippen LogP contribution in [0.15, 0.2) is 36.4 Å². The van der Waals surface area contributed by atoms with E-state index >= 15 is 0 Å². The van der Waals surface area contributed by atoms with Gasteiger partial charge in [0, 0.05) is 0 Å². The van der Waals surface area contributed by atoms with Gasteiger partial charge in [-0.15, -0.1) is 0 Å². The molecular weight excluding hydrogens is 318 g/mol. The Hall–Kier alpha value is -2.69. The molecule has 25 heavy (non-hydrogen) atoms. The number of hydrogen-bond acceptors (Lipinski definition) is 4. The summed E-state index contributed by atoms with van der Waals surface area (Å²) in [5.74, 6) is 1.57. The van der Waals surface area contributed by atoms with Crippen LogP contribution in [0.5, 0.6) is 17.2 Å². The Kier molecular flexibility index (Phi) is 5.43. The molecule has 3 rings (SSSR count). The molecule has 5 nitrogen and oxygen atoms in total. The van der Waals surface area contributed by atoms with Crippen LogP contribution in [0.3, 0.4) is 0 Å². The maximum Gasteiger partial charge on any atom is 0.258 e. The van der Waals surface area contributed by atoms with Crippen LogP contribution in [0, 0.1) is 0 Å². The van der Waals surface area contributed by atoms with Crippen LogP contribution in [0.2, 0.25) is 0 Å². The molecule has 0 heterocycles. The standard InChI is InChI=1S/C20H23NO4/c1-23-17-7-4-8-18(24-2)19(17)20(22)21-11-12-25-16-10-9-14-5-3-6-15(14)13-16/h4,7-10,13H,3,5-6,11-12H2,1-2H3,(H,21,22). The van der Waals surface area contributed by atoms with Gasteiger partial charge in [-0.25, -0.2) is 0 Å². The highest BCUT2D eigenvalue weighted by Crippen LogP contribution is 2.28. The van der Waals surface area contributed by atoms with Crippen molar-refractivity contribution in [2.24, 2.45) is 0 Å². The number of hydrogen-bond donors (Lipinski definition) is 1. The fraction of sp³-hybridized carbons (Fsp3) is 0.350. The summed E-state index contributed by atoms with van der Waals surface area (Å²) in [6.45, 7) is 0.805. The molecular formula is C20H23NO4. The third-order valence-corrected chi connectivity index (χ3v) is 4.38. The first-order chi connectivity index (χ1) is 12.2. The lowest BCUT2D eigenvalue weighted by Crippen LogP contribution is -2.28. The summed E-state index contributed by atoms with van der Waals surface area (Å²) < 4.78 is 16.3. The smallest absolute Gasteiger partial charge is 0.258 e. The summed E-state index contributed by atoms with van der Waals surface area (Å²) in [5.41, 5.74) is 3.19. The number of aryl methyl sites for hydroxylation is 2. The van der Waals surface area contributed by atoms with Crippen molar-refractivity contribution >= 4 is 5.91 Å². The van der Waals surface area contributed by atoms with Crippen molar-refractivity contribution in [3.63, 3.8) is 0 Å². The predicted molar refractivity (Wildman–Crippen MR) is 95.8 cm³/mol. The number of benzene rings is 2. The van der Waals surface area contributed by atoms with Gasteiger partial charge >= 0.3 is 0 Å². The van der Waals surface area contributed by atoms with Crippen molar-refractivity contribution in [1.29, 1.82) is 0 Å². The maximum atomic E-state index is 12.4. The second-order valence-corrected chi connectivity index (χ2v) is 5.93. The van der Waals surface area contributed by atoms with E-state index in [9.17, 15) is 4.79 Å². The first-order valence-corrected chi connectivity index (χ1v) is 8.46. The average molecular weight is 341 g/mol. The fourth-order valence-electron chi connectivity index (χ4n) is 3.13. The van der Waals surface area contributed by atoms with Crippen LogP contribution >= 0.6 is 0 Å². The predicted octanol–water partition coefficient (Wildman–Crippen LogP) is 3.00. The van der Waals surface area contributed by atoms with Gasteiger partial charge in [-0.2, -0.15) is 0 Å². The fourth-order valence-corrected chi connectivity index (χ4v) is 3.13. The number of nitrogens with one attached hydrogen (secondary N) is 1. The van der Waals surface area contributed by atoms with E-state index < -0.39 is 0 Å². The summed E-state index contributed by atoms with van der Waals surface area (Å²) in [7, 11) is 3.06. The van der Waals surface area contributed by atoms with Crippen molar-refractivity contribution < 1.29 is 19.0 Å². The van der Waals surface area contributed by atoms with Crippen LogP contribution < -0.4 is 19.5 Å². The van der Waals surface area contributed by atoms with Gasteiger partial charge in [0.05, 0.1) is 20.8 Å². The monoisotopic (exact) mass is 341 g/mol. The molecule has 0 spiro atoms. The van der Waals surface area contributed by atoms with E-state index in [2.05, 4.69) is 17.4 Å². The van der Waals surface area contributed by atoms with Crippen molar-refractivity contribution in [3.05, 3.63) is 53.1 Å². The second-order valence-electron chi connectivity index (χ2n) is 5.93. The van der Waals surface area contributed by atoms with Gasteiger partial charge < -0.3 is 19.5 Å². The molecule has 1 aliphatic rings. The first-order valence-electron chi connectivity index (χ1n) is 8.46. The second kappa shape index (κ2) is 7.92. The molecule has 0 aromatic heterocycles. The van der Waals surface area contributed by atoms with E-state index in [1.807, 2.05) is 6.07 Å². The Balaban J connectivity index is 1.55. The van der Waals surface area contributed by atoms with Crippen LogP contribution in [0.25, 0.3) is 0 Å². The molecule has 0 bridgehead atoms. The molecule has 1 N–H and O–H groups in total. The Morgan fingerprint density at radius 3 is 2.48 bits per heavy atom. The molecule has 5 heteroatoms. The molecule has 0 fully saturated rings. The van der Waals surface area contributed by atoms with Crippen molar-refractivity contribution in [1.82, 2.24) is 5.32 Å². The topological polar surface area (TPSA) is 56.8 Å². The largest absolute Gasteiger partial charge is 0.496 e. The lowest BCUT2D eigenvalue weighted by Gasteiger charge is -2.13. The molecule has 0 unspecified atom stereocenters. The molecule has 2 aromatic rings. The molecule has 0 aliphatic heterocycles.